The third-order valence-corrected chi connectivity index (χ3v) is 5.85. The summed E-state index contributed by atoms with van der Waals surface area (Å²) in [6.45, 7) is 1.11. The zero-order chi connectivity index (χ0) is 20.8. The molecular weight excluding hydrogens is 390 g/mol. The topological polar surface area (TPSA) is 55.3 Å². The number of carbonyl (C=O) groups excluding carboxylic acids is 1. The van der Waals surface area contributed by atoms with Gasteiger partial charge in [0.05, 0.1) is 18.9 Å². The Balaban J connectivity index is 1.50. The molecule has 29 heavy (non-hydrogen) atoms. The average molecular weight is 409 g/mol. The number of anilines is 1. The number of benzene rings is 1. The predicted octanol–water partition coefficient (Wildman–Crippen LogP) is 4.05. The van der Waals surface area contributed by atoms with Gasteiger partial charge in [0.15, 0.2) is 11.5 Å². The summed E-state index contributed by atoms with van der Waals surface area (Å²) >= 11 is 0. The number of ether oxygens (including phenoxy) is 1. The van der Waals surface area contributed by atoms with Gasteiger partial charge in [0.2, 0.25) is 5.95 Å². The second kappa shape index (κ2) is 7.27. The Bertz CT molecular complexity index is 920. The molecule has 2 aromatic rings. The molecule has 1 saturated carbocycles. The number of hydrogen-bond acceptors (Lipinski definition) is 5. The summed E-state index contributed by atoms with van der Waals surface area (Å²) in [7, 11) is 1.14. The summed E-state index contributed by atoms with van der Waals surface area (Å²) in [6.07, 6.45) is -2.16. The van der Waals surface area contributed by atoms with Gasteiger partial charge in [-0.2, -0.15) is 13.2 Å². The zero-order valence-electron chi connectivity index (χ0n) is 15.6. The van der Waals surface area contributed by atoms with Gasteiger partial charge in [-0.05, 0) is 42.2 Å². The van der Waals surface area contributed by atoms with Gasteiger partial charge in [-0.25, -0.2) is 19.2 Å². The SMILES string of the molecule is COC(=O)c1nc(N2C[C@H]3C[C@H](c4ccccc4C(F)(F)F)C[C@H]3C2)ncc1F. The third-order valence-electron chi connectivity index (χ3n) is 5.85. The van der Waals surface area contributed by atoms with E-state index in [4.69, 9.17) is 0 Å². The molecule has 9 heteroatoms. The van der Waals surface area contributed by atoms with Gasteiger partial charge in [0, 0.05) is 13.1 Å². The lowest BCUT2D eigenvalue weighted by Gasteiger charge is -2.21. The van der Waals surface area contributed by atoms with Gasteiger partial charge in [0.1, 0.15) is 0 Å². The Labute approximate surface area is 164 Å². The number of nitrogens with zero attached hydrogens (tertiary/aromatic N) is 3. The first-order valence-corrected chi connectivity index (χ1v) is 9.30. The summed E-state index contributed by atoms with van der Waals surface area (Å²) in [5.41, 5.74) is -0.634. The van der Waals surface area contributed by atoms with Crippen LogP contribution in [0, 0.1) is 17.7 Å². The molecule has 0 amide bonds. The van der Waals surface area contributed by atoms with Crippen molar-refractivity contribution in [3.8, 4) is 0 Å². The van der Waals surface area contributed by atoms with Crippen LogP contribution in [0.4, 0.5) is 23.5 Å². The van der Waals surface area contributed by atoms with Crippen LogP contribution in [0.2, 0.25) is 0 Å². The van der Waals surface area contributed by atoms with Crippen molar-refractivity contribution in [2.45, 2.75) is 24.9 Å². The van der Waals surface area contributed by atoms with Crippen molar-refractivity contribution in [1.29, 1.82) is 0 Å². The van der Waals surface area contributed by atoms with E-state index in [1.54, 1.807) is 12.1 Å². The first-order valence-electron chi connectivity index (χ1n) is 9.30. The van der Waals surface area contributed by atoms with E-state index in [2.05, 4.69) is 14.7 Å². The predicted molar refractivity (Wildman–Crippen MR) is 95.9 cm³/mol. The number of esters is 1. The fraction of sp³-hybridized carbons (Fsp3) is 0.450. The molecule has 1 aromatic heterocycles. The third kappa shape index (κ3) is 3.65. The summed E-state index contributed by atoms with van der Waals surface area (Å²) in [5.74, 6) is -1.27. The van der Waals surface area contributed by atoms with Crippen molar-refractivity contribution >= 4 is 11.9 Å². The standard InChI is InChI=1S/C20H19F4N3O2/c1-29-18(28)17-16(21)8-25-19(26-17)27-9-12-6-11(7-13(12)10-27)14-4-2-3-5-15(14)20(22,23)24/h2-5,8,11-13H,6-7,9-10H2,1H3/t11-,12+,13-. The van der Waals surface area contributed by atoms with Crippen LogP contribution in [0.1, 0.15) is 40.4 Å². The lowest BCUT2D eigenvalue weighted by Crippen LogP contribution is -2.25. The molecule has 0 unspecified atom stereocenters. The number of methoxy groups -OCH3 is 1. The minimum absolute atomic E-state index is 0.148. The highest BCUT2D eigenvalue weighted by Crippen LogP contribution is 2.49. The van der Waals surface area contributed by atoms with E-state index in [1.807, 2.05) is 4.90 Å². The summed E-state index contributed by atoms with van der Waals surface area (Å²) < 4.78 is 58.3. The molecule has 0 radical (unpaired) electrons. The molecule has 2 heterocycles. The quantitative estimate of drug-likeness (QED) is 0.566. The molecule has 154 valence electrons. The van der Waals surface area contributed by atoms with Crippen molar-refractivity contribution in [3.63, 3.8) is 0 Å². The number of aromatic nitrogens is 2. The maximum Gasteiger partial charge on any atom is 0.416 e. The Morgan fingerprint density at radius 1 is 1.17 bits per heavy atom. The maximum atomic E-state index is 13.8. The van der Waals surface area contributed by atoms with Gasteiger partial charge >= 0.3 is 12.1 Å². The van der Waals surface area contributed by atoms with Gasteiger partial charge < -0.3 is 9.64 Å². The van der Waals surface area contributed by atoms with Crippen LogP contribution in [-0.2, 0) is 10.9 Å². The maximum absolute atomic E-state index is 13.8. The highest BCUT2D eigenvalue weighted by atomic mass is 19.4. The lowest BCUT2D eigenvalue weighted by atomic mass is 9.91. The monoisotopic (exact) mass is 409 g/mol. The Hall–Kier alpha value is -2.71. The van der Waals surface area contributed by atoms with Crippen LogP contribution in [-0.4, -0.2) is 36.1 Å². The molecule has 5 nitrogen and oxygen atoms in total. The average Bonchev–Trinajstić information content (AvgIpc) is 3.26. The smallest absolute Gasteiger partial charge is 0.416 e. The van der Waals surface area contributed by atoms with E-state index in [0.717, 1.165) is 19.4 Å². The van der Waals surface area contributed by atoms with Crippen LogP contribution in [0.5, 0.6) is 0 Å². The zero-order valence-corrected chi connectivity index (χ0v) is 15.6. The van der Waals surface area contributed by atoms with Crippen molar-refractivity contribution < 1.29 is 27.1 Å². The Kier molecular flexibility index (Phi) is 4.92. The second-order valence-corrected chi connectivity index (χ2v) is 7.54. The van der Waals surface area contributed by atoms with Gasteiger partial charge in [-0.15, -0.1) is 0 Å². The van der Waals surface area contributed by atoms with Crippen molar-refractivity contribution in [3.05, 3.63) is 53.1 Å². The first-order chi connectivity index (χ1) is 13.8. The fourth-order valence-electron chi connectivity index (χ4n) is 4.58. The molecule has 4 rings (SSSR count). The lowest BCUT2D eigenvalue weighted by molar-refractivity contribution is -0.138. The molecule has 2 aliphatic rings. The van der Waals surface area contributed by atoms with E-state index < -0.39 is 29.2 Å². The first kappa shape index (κ1) is 19.6. The number of fused-ring (bicyclic) bond motifs is 1. The van der Waals surface area contributed by atoms with Crippen LogP contribution in [0.15, 0.2) is 30.5 Å². The van der Waals surface area contributed by atoms with Crippen LogP contribution < -0.4 is 4.90 Å². The molecule has 0 bridgehead atoms. The molecule has 1 aromatic carbocycles. The van der Waals surface area contributed by atoms with E-state index in [0.29, 0.717) is 31.5 Å². The van der Waals surface area contributed by atoms with Crippen molar-refractivity contribution in [1.82, 2.24) is 9.97 Å². The number of hydrogen-bond donors (Lipinski definition) is 0. The minimum atomic E-state index is -4.37. The van der Waals surface area contributed by atoms with Crippen LogP contribution in [0.3, 0.4) is 0 Å². The fourth-order valence-corrected chi connectivity index (χ4v) is 4.58. The molecule has 1 saturated heterocycles. The van der Waals surface area contributed by atoms with E-state index in [1.165, 1.54) is 6.07 Å². The number of alkyl halides is 3. The molecule has 3 atom stereocenters. The normalized spacial score (nSPS) is 23.9. The van der Waals surface area contributed by atoms with Crippen molar-refractivity contribution in [2.75, 3.05) is 25.1 Å². The molecule has 0 spiro atoms. The van der Waals surface area contributed by atoms with Crippen LogP contribution >= 0.6 is 0 Å². The number of halogens is 4. The van der Waals surface area contributed by atoms with Gasteiger partial charge in [-0.3, -0.25) is 0 Å². The highest BCUT2D eigenvalue weighted by molar-refractivity contribution is 5.87. The van der Waals surface area contributed by atoms with Crippen LogP contribution in [0.25, 0.3) is 0 Å². The number of carbonyl (C=O) groups is 1. The summed E-state index contributed by atoms with van der Waals surface area (Å²) in [4.78, 5) is 21.5. The Morgan fingerprint density at radius 3 is 2.45 bits per heavy atom. The molecule has 0 N–H and O–H groups in total. The molecule has 2 fully saturated rings. The number of rotatable bonds is 3. The van der Waals surface area contributed by atoms with Gasteiger partial charge in [0.25, 0.3) is 0 Å². The van der Waals surface area contributed by atoms with Gasteiger partial charge in [-0.1, -0.05) is 18.2 Å². The van der Waals surface area contributed by atoms with E-state index >= 15 is 0 Å². The minimum Gasteiger partial charge on any atom is -0.464 e. The molecule has 1 aliphatic carbocycles. The Morgan fingerprint density at radius 2 is 1.83 bits per heavy atom. The highest BCUT2D eigenvalue weighted by Gasteiger charge is 2.44. The summed E-state index contributed by atoms with van der Waals surface area (Å²) in [6, 6.07) is 5.76. The van der Waals surface area contributed by atoms with Crippen molar-refractivity contribution in [2.24, 2.45) is 11.8 Å². The molecular formula is C20H19F4N3O2. The largest absolute Gasteiger partial charge is 0.464 e. The summed E-state index contributed by atoms with van der Waals surface area (Å²) in [5, 5.41) is 0. The molecule has 1 aliphatic heterocycles. The van der Waals surface area contributed by atoms with E-state index in [9.17, 15) is 22.4 Å². The second-order valence-electron chi connectivity index (χ2n) is 7.54. The van der Waals surface area contributed by atoms with E-state index in [-0.39, 0.29) is 23.7 Å².